The van der Waals surface area contributed by atoms with E-state index in [1.54, 1.807) is 11.3 Å². The lowest BCUT2D eigenvalue weighted by Crippen LogP contribution is -1.92. The average Bonchev–Trinajstić information content (AvgIpc) is 2.77. The maximum absolute atomic E-state index is 5.32. The summed E-state index contributed by atoms with van der Waals surface area (Å²) >= 11 is 1.63. The van der Waals surface area contributed by atoms with E-state index >= 15 is 0 Å². The zero-order chi connectivity index (χ0) is 9.97. The van der Waals surface area contributed by atoms with E-state index in [9.17, 15) is 0 Å². The molecule has 0 radical (unpaired) electrons. The lowest BCUT2D eigenvalue weighted by Gasteiger charge is -1.96. The minimum Gasteiger partial charge on any atom is -0.476 e. The van der Waals surface area contributed by atoms with Gasteiger partial charge in [-0.2, -0.15) is 0 Å². The predicted molar refractivity (Wildman–Crippen MR) is 55.7 cm³/mol. The zero-order valence-electron chi connectivity index (χ0n) is 8.11. The van der Waals surface area contributed by atoms with E-state index in [1.807, 2.05) is 31.4 Å². The van der Waals surface area contributed by atoms with Gasteiger partial charge in [0.1, 0.15) is 0 Å². The molecule has 3 nitrogen and oxygen atoms in total. The van der Waals surface area contributed by atoms with Gasteiger partial charge in [0.2, 0.25) is 0 Å². The van der Waals surface area contributed by atoms with Crippen molar-refractivity contribution in [2.45, 2.75) is 13.8 Å². The standard InChI is InChI=1S/C10H11NO2S/c1-3-12-10-7(2)9(13-11-10)8-5-4-6-14-8/h4-6H,3H2,1-2H3. The zero-order valence-corrected chi connectivity index (χ0v) is 8.93. The number of hydrogen-bond acceptors (Lipinski definition) is 4. The molecule has 0 amide bonds. The van der Waals surface area contributed by atoms with Gasteiger partial charge in [-0.15, -0.1) is 11.3 Å². The van der Waals surface area contributed by atoms with E-state index in [4.69, 9.17) is 9.26 Å². The second-order valence-electron chi connectivity index (χ2n) is 2.85. The van der Waals surface area contributed by atoms with Crippen LogP contribution in [0.15, 0.2) is 22.0 Å². The highest BCUT2D eigenvalue weighted by molar-refractivity contribution is 7.13. The topological polar surface area (TPSA) is 35.3 Å². The summed E-state index contributed by atoms with van der Waals surface area (Å²) in [7, 11) is 0. The molecule has 14 heavy (non-hydrogen) atoms. The van der Waals surface area contributed by atoms with Crippen LogP contribution >= 0.6 is 11.3 Å². The molecule has 0 aliphatic carbocycles. The molecule has 0 aromatic carbocycles. The van der Waals surface area contributed by atoms with E-state index < -0.39 is 0 Å². The van der Waals surface area contributed by atoms with Gasteiger partial charge in [-0.25, -0.2) is 0 Å². The molecule has 0 saturated carbocycles. The van der Waals surface area contributed by atoms with Gasteiger partial charge < -0.3 is 9.26 Å². The van der Waals surface area contributed by atoms with Crippen molar-refractivity contribution in [2.75, 3.05) is 6.61 Å². The van der Waals surface area contributed by atoms with Crippen LogP contribution in [0.5, 0.6) is 5.88 Å². The van der Waals surface area contributed by atoms with Gasteiger partial charge in [0.25, 0.3) is 5.88 Å². The molecule has 2 heterocycles. The molecule has 0 spiro atoms. The molecular weight excluding hydrogens is 198 g/mol. The number of thiophene rings is 1. The summed E-state index contributed by atoms with van der Waals surface area (Å²) in [6.07, 6.45) is 0. The van der Waals surface area contributed by atoms with E-state index in [1.165, 1.54) is 0 Å². The van der Waals surface area contributed by atoms with Crippen LogP contribution in [0.1, 0.15) is 12.5 Å². The Morgan fingerprint density at radius 3 is 3.07 bits per heavy atom. The highest BCUT2D eigenvalue weighted by Gasteiger charge is 2.14. The number of ether oxygens (including phenoxy) is 1. The first-order chi connectivity index (χ1) is 6.83. The fraction of sp³-hybridized carbons (Fsp3) is 0.300. The molecule has 0 bridgehead atoms. The van der Waals surface area contributed by atoms with E-state index in [0.717, 1.165) is 16.2 Å². The minimum absolute atomic E-state index is 0.593. The van der Waals surface area contributed by atoms with Crippen molar-refractivity contribution in [1.29, 1.82) is 0 Å². The van der Waals surface area contributed by atoms with Gasteiger partial charge in [0.05, 0.1) is 17.0 Å². The third-order valence-corrected chi connectivity index (χ3v) is 2.78. The Bertz CT molecular complexity index is 406. The SMILES string of the molecule is CCOc1noc(-c2cccs2)c1C. The van der Waals surface area contributed by atoms with Crippen LogP contribution in [0.3, 0.4) is 0 Å². The van der Waals surface area contributed by atoms with E-state index in [-0.39, 0.29) is 0 Å². The highest BCUT2D eigenvalue weighted by Crippen LogP contribution is 2.32. The summed E-state index contributed by atoms with van der Waals surface area (Å²) in [5.41, 5.74) is 0.967. The first-order valence-corrected chi connectivity index (χ1v) is 5.34. The molecule has 2 aromatic heterocycles. The molecule has 0 N–H and O–H groups in total. The molecule has 0 saturated heterocycles. The first kappa shape index (κ1) is 9.27. The third-order valence-electron chi connectivity index (χ3n) is 1.91. The van der Waals surface area contributed by atoms with Gasteiger partial charge in [-0.1, -0.05) is 6.07 Å². The number of rotatable bonds is 3. The predicted octanol–water partition coefficient (Wildman–Crippen LogP) is 3.11. The Labute approximate surface area is 86.3 Å². The average molecular weight is 209 g/mol. The molecule has 0 aliphatic heterocycles. The van der Waals surface area contributed by atoms with Crippen LogP contribution in [0.4, 0.5) is 0 Å². The fourth-order valence-electron chi connectivity index (χ4n) is 1.23. The summed E-state index contributed by atoms with van der Waals surface area (Å²) in [6, 6.07) is 4.00. The van der Waals surface area contributed by atoms with Crippen LogP contribution in [-0.2, 0) is 0 Å². The van der Waals surface area contributed by atoms with Gasteiger partial charge in [0.15, 0.2) is 5.76 Å². The third kappa shape index (κ3) is 1.53. The Hall–Kier alpha value is -1.29. The summed E-state index contributed by atoms with van der Waals surface area (Å²) in [5, 5.41) is 5.88. The quantitative estimate of drug-likeness (QED) is 0.779. The minimum atomic E-state index is 0.593. The van der Waals surface area contributed by atoms with Crippen molar-refractivity contribution in [3.63, 3.8) is 0 Å². The van der Waals surface area contributed by atoms with Crippen molar-refractivity contribution in [1.82, 2.24) is 5.16 Å². The van der Waals surface area contributed by atoms with Crippen LogP contribution < -0.4 is 4.74 Å². The highest BCUT2D eigenvalue weighted by atomic mass is 32.1. The van der Waals surface area contributed by atoms with Gasteiger partial charge >= 0.3 is 0 Å². The summed E-state index contributed by atoms with van der Waals surface area (Å²) in [4.78, 5) is 1.08. The number of hydrogen-bond donors (Lipinski definition) is 0. The van der Waals surface area contributed by atoms with E-state index in [0.29, 0.717) is 12.5 Å². The first-order valence-electron chi connectivity index (χ1n) is 4.46. The molecule has 74 valence electrons. The summed E-state index contributed by atoms with van der Waals surface area (Å²) in [5.74, 6) is 1.40. The monoisotopic (exact) mass is 209 g/mol. The molecule has 4 heteroatoms. The second-order valence-corrected chi connectivity index (χ2v) is 3.80. The van der Waals surface area contributed by atoms with E-state index in [2.05, 4.69) is 5.16 Å². The van der Waals surface area contributed by atoms with Gasteiger partial charge in [-0.3, -0.25) is 0 Å². The summed E-state index contributed by atoms with van der Waals surface area (Å²) in [6.45, 7) is 4.49. The Balaban J connectivity index is 2.36. The Kier molecular flexibility index (Phi) is 2.54. The largest absolute Gasteiger partial charge is 0.476 e. The maximum atomic E-state index is 5.32. The second kappa shape index (κ2) is 3.84. The fourth-order valence-corrected chi connectivity index (χ4v) is 1.99. The molecule has 0 fully saturated rings. The molecular formula is C10H11NO2S. The Morgan fingerprint density at radius 1 is 1.57 bits per heavy atom. The van der Waals surface area contributed by atoms with Crippen molar-refractivity contribution in [3.8, 4) is 16.5 Å². The lowest BCUT2D eigenvalue weighted by molar-refractivity contribution is 0.295. The summed E-state index contributed by atoms with van der Waals surface area (Å²) < 4.78 is 10.5. The molecule has 2 rings (SSSR count). The van der Waals surface area contributed by atoms with Crippen LogP contribution in [-0.4, -0.2) is 11.8 Å². The van der Waals surface area contributed by atoms with Crippen LogP contribution in [0.25, 0.3) is 10.6 Å². The normalized spacial score (nSPS) is 10.4. The van der Waals surface area contributed by atoms with Crippen LogP contribution in [0.2, 0.25) is 0 Å². The Morgan fingerprint density at radius 2 is 2.43 bits per heavy atom. The molecule has 0 unspecified atom stereocenters. The van der Waals surface area contributed by atoms with Crippen molar-refractivity contribution in [2.24, 2.45) is 0 Å². The van der Waals surface area contributed by atoms with Crippen LogP contribution in [0, 0.1) is 6.92 Å². The number of nitrogens with zero attached hydrogens (tertiary/aromatic N) is 1. The van der Waals surface area contributed by atoms with Crippen molar-refractivity contribution < 1.29 is 9.26 Å². The molecule has 0 atom stereocenters. The van der Waals surface area contributed by atoms with Gasteiger partial charge in [-0.05, 0) is 30.5 Å². The molecule has 2 aromatic rings. The maximum Gasteiger partial charge on any atom is 0.257 e. The number of aromatic nitrogens is 1. The van der Waals surface area contributed by atoms with Crippen molar-refractivity contribution >= 4 is 11.3 Å². The molecule has 0 aliphatic rings. The van der Waals surface area contributed by atoms with Gasteiger partial charge in [0, 0.05) is 0 Å². The smallest absolute Gasteiger partial charge is 0.257 e. The van der Waals surface area contributed by atoms with Crippen molar-refractivity contribution in [3.05, 3.63) is 23.1 Å². The lowest BCUT2D eigenvalue weighted by atomic mass is 10.2.